The number of hydrogen-bond donors (Lipinski definition) is 0. The van der Waals surface area contributed by atoms with Crippen LogP contribution in [0.4, 0.5) is 5.69 Å². The molecular weight excluding hydrogens is 398 g/mol. The van der Waals surface area contributed by atoms with E-state index < -0.39 is 20.9 Å². The molecule has 2 nitrogen and oxygen atoms in total. The van der Waals surface area contributed by atoms with Crippen molar-refractivity contribution in [3.05, 3.63) is 59.2 Å². The maximum absolute atomic E-state index is 12.7. The quantitative estimate of drug-likeness (QED) is 0.538. The molecular formula is C20H21NOTe. The topological polar surface area (TPSA) is 29.4 Å². The van der Waals surface area contributed by atoms with Crippen LogP contribution < -0.4 is 3.61 Å². The zero-order valence-corrected chi connectivity index (χ0v) is 16.1. The molecule has 0 unspecified atom stereocenters. The van der Waals surface area contributed by atoms with Gasteiger partial charge in [-0.3, -0.25) is 0 Å². The first kappa shape index (κ1) is 16.4. The van der Waals surface area contributed by atoms with Crippen LogP contribution in [0.5, 0.6) is 0 Å². The summed E-state index contributed by atoms with van der Waals surface area (Å²) in [4.78, 5) is 17.6. The summed E-state index contributed by atoms with van der Waals surface area (Å²) in [5.74, 6) is 0.518. The van der Waals surface area contributed by atoms with Crippen molar-refractivity contribution in [2.45, 2.75) is 33.6 Å². The molecule has 0 atom stereocenters. The third-order valence-corrected chi connectivity index (χ3v) is 6.88. The molecule has 2 aromatic carbocycles. The Hall–Kier alpha value is -1.43. The first-order valence-electron chi connectivity index (χ1n) is 7.98. The Labute approximate surface area is 148 Å². The number of carbonyl (C=O) groups is 1. The van der Waals surface area contributed by atoms with Gasteiger partial charge in [0.05, 0.1) is 0 Å². The van der Waals surface area contributed by atoms with Crippen molar-refractivity contribution in [3.63, 3.8) is 0 Å². The van der Waals surface area contributed by atoms with Gasteiger partial charge in [0.25, 0.3) is 0 Å². The van der Waals surface area contributed by atoms with Crippen LogP contribution in [0.3, 0.4) is 0 Å². The minimum atomic E-state index is -0.746. The number of aryl methyl sites for hydroxylation is 3. The van der Waals surface area contributed by atoms with E-state index in [0.717, 1.165) is 33.4 Å². The molecule has 0 N–H and O–H groups in total. The third kappa shape index (κ3) is 4.10. The number of rotatable bonds is 5. The van der Waals surface area contributed by atoms with E-state index in [2.05, 4.69) is 57.2 Å². The van der Waals surface area contributed by atoms with Crippen molar-refractivity contribution in [2.24, 2.45) is 10.9 Å². The Balaban J connectivity index is 1.96. The van der Waals surface area contributed by atoms with Crippen molar-refractivity contribution in [1.82, 2.24) is 0 Å². The molecule has 3 rings (SSSR count). The average Bonchev–Trinajstić information content (AvgIpc) is 3.36. The number of para-hydroxylation sites is 1. The van der Waals surface area contributed by atoms with Crippen molar-refractivity contribution in [3.8, 4) is 0 Å². The van der Waals surface area contributed by atoms with E-state index >= 15 is 0 Å². The summed E-state index contributed by atoms with van der Waals surface area (Å²) >= 11 is -0.746. The Morgan fingerprint density at radius 2 is 1.61 bits per heavy atom. The van der Waals surface area contributed by atoms with Gasteiger partial charge in [-0.1, -0.05) is 0 Å². The van der Waals surface area contributed by atoms with E-state index in [1.54, 1.807) is 0 Å². The summed E-state index contributed by atoms with van der Waals surface area (Å²) in [6.45, 7) is 6.22. The number of aliphatic imine (C=N–C) groups is 1. The number of ketones is 1. The molecule has 0 radical (unpaired) electrons. The molecule has 0 spiro atoms. The van der Waals surface area contributed by atoms with Gasteiger partial charge in [0.2, 0.25) is 0 Å². The van der Waals surface area contributed by atoms with Gasteiger partial charge in [0, 0.05) is 0 Å². The molecule has 0 aromatic heterocycles. The first-order valence-corrected chi connectivity index (χ1v) is 10.3. The molecule has 2 aromatic rings. The second-order valence-corrected chi connectivity index (χ2v) is 9.24. The molecule has 0 heterocycles. The number of Topliss-reactive ketones (excluding diaryl/α,β-unsaturated/α-hetero) is 1. The maximum atomic E-state index is 12.7. The van der Waals surface area contributed by atoms with Gasteiger partial charge in [-0.05, 0) is 0 Å². The summed E-state index contributed by atoms with van der Waals surface area (Å²) in [6, 6.07) is 14.7. The van der Waals surface area contributed by atoms with Crippen LogP contribution in [0.1, 0.15) is 29.5 Å². The molecule has 0 aliphatic heterocycles. The fourth-order valence-electron chi connectivity index (χ4n) is 2.45. The fraction of sp³-hybridized carbons (Fsp3) is 0.300. The predicted molar refractivity (Wildman–Crippen MR) is 97.3 cm³/mol. The van der Waals surface area contributed by atoms with Gasteiger partial charge in [0.1, 0.15) is 0 Å². The van der Waals surface area contributed by atoms with E-state index in [-0.39, 0.29) is 11.7 Å². The Kier molecular flexibility index (Phi) is 4.99. The zero-order chi connectivity index (χ0) is 16.4. The molecule has 1 aliphatic carbocycles. The van der Waals surface area contributed by atoms with E-state index in [1.807, 2.05) is 6.07 Å². The van der Waals surface area contributed by atoms with Crippen LogP contribution in [0, 0.1) is 26.7 Å². The molecule has 1 aliphatic rings. The average molecular weight is 419 g/mol. The molecule has 23 heavy (non-hydrogen) atoms. The number of nitrogens with zero attached hydrogens (tertiary/aromatic N) is 1. The van der Waals surface area contributed by atoms with E-state index in [4.69, 9.17) is 4.99 Å². The first-order chi connectivity index (χ1) is 11.0. The summed E-state index contributed by atoms with van der Waals surface area (Å²) in [5.41, 5.74) is 4.52. The van der Waals surface area contributed by atoms with Crippen LogP contribution in [-0.2, 0) is 4.79 Å². The standard InChI is InChI=1S/C20H21NOTe/c1-13-7-11-17(12-8-13)23-20(19(22)16-9-10-16)21-18-14(2)5-4-6-15(18)3/h4-8,11-12,16H,9-10H2,1-3H3. The zero-order valence-electron chi connectivity index (χ0n) is 13.8. The predicted octanol–water partition coefficient (Wildman–Crippen LogP) is 3.65. The van der Waals surface area contributed by atoms with Crippen LogP contribution in [0.25, 0.3) is 0 Å². The Morgan fingerprint density at radius 3 is 2.17 bits per heavy atom. The number of benzene rings is 2. The number of carbonyl (C=O) groups excluding carboxylic acids is 1. The van der Waals surface area contributed by atoms with Gasteiger partial charge in [-0.25, -0.2) is 0 Å². The van der Waals surface area contributed by atoms with Crippen LogP contribution >= 0.6 is 0 Å². The second-order valence-electron chi connectivity index (χ2n) is 6.21. The molecule has 1 saturated carbocycles. The van der Waals surface area contributed by atoms with E-state index in [0.29, 0.717) is 0 Å². The van der Waals surface area contributed by atoms with Gasteiger partial charge >= 0.3 is 148 Å². The van der Waals surface area contributed by atoms with Crippen molar-refractivity contribution in [1.29, 1.82) is 0 Å². The number of hydrogen-bond acceptors (Lipinski definition) is 2. The summed E-state index contributed by atoms with van der Waals surface area (Å²) in [6.07, 6.45) is 2.07. The molecule has 3 heteroatoms. The van der Waals surface area contributed by atoms with Gasteiger partial charge in [-0.15, -0.1) is 0 Å². The molecule has 118 valence electrons. The van der Waals surface area contributed by atoms with Crippen molar-refractivity contribution >= 4 is 39.8 Å². The van der Waals surface area contributed by atoms with Crippen molar-refractivity contribution < 1.29 is 4.79 Å². The summed E-state index contributed by atoms with van der Waals surface area (Å²) in [7, 11) is 0. The van der Waals surface area contributed by atoms with Crippen LogP contribution in [0.2, 0.25) is 0 Å². The van der Waals surface area contributed by atoms with Gasteiger partial charge in [-0.2, -0.15) is 0 Å². The van der Waals surface area contributed by atoms with Gasteiger partial charge in [0.15, 0.2) is 0 Å². The third-order valence-electron chi connectivity index (χ3n) is 4.05. The molecule has 1 fully saturated rings. The Bertz CT molecular complexity index is 737. The van der Waals surface area contributed by atoms with E-state index in [9.17, 15) is 4.79 Å². The van der Waals surface area contributed by atoms with Crippen LogP contribution in [0.15, 0.2) is 47.5 Å². The summed E-state index contributed by atoms with van der Waals surface area (Å²) in [5, 5.41) is 0. The molecule has 0 amide bonds. The van der Waals surface area contributed by atoms with Gasteiger partial charge < -0.3 is 0 Å². The van der Waals surface area contributed by atoms with E-state index in [1.165, 1.54) is 9.17 Å². The van der Waals surface area contributed by atoms with Crippen LogP contribution in [-0.4, -0.2) is 30.5 Å². The summed E-state index contributed by atoms with van der Waals surface area (Å²) < 4.78 is 2.11. The second kappa shape index (κ2) is 6.99. The minimum absolute atomic E-state index is 0.230. The molecule has 0 bridgehead atoms. The molecule has 0 saturated heterocycles. The monoisotopic (exact) mass is 421 g/mol. The SMILES string of the molecule is Cc1ccc([Te]C(=Nc2c(C)cccc2C)C(=O)C2CC2)cc1. The Morgan fingerprint density at radius 1 is 1.00 bits per heavy atom. The normalized spacial score (nSPS) is 14.8. The van der Waals surface area contributed by atoms with Crippen molar-refractivity contribution in [2.75, 3.05) is 0 Å². The fourth-order valence-corrected chi connectivity index (χ4v) is 5.02.